The van der Waals surface area contributed by atoms with E-state index in [0.29, 0.717) is 5.69 Å². The summed E-state index contributed by atoms with van der Waals surface area (Å²) in [5.74, 6) is 0.00572. The molecule has 1 N–H and O–H groups in total. The third-order valence-corrected chi connectivity index (χ3v) is 8.62. The van der Waals surface area contributed by atoms with Crippen molar-refractivity contribution < 1.29 is 14.7 Å². The van der Waals surface area contributed by atoms with Gasteiger partial charge in [0.05, 0.1) is 17.5 Å². The van der Waals surface area contributed by atoms with E-state index in [1.165, 1.54) is 11.0 Å². The van der Waals surface area contributed by atoms with Gasteiger partial charge >= 0.3 is 0 Å². The van der Waals surface area contributed by atoms with E-state index < -0.39 is 0 Å². The SMILES string of the molecule is Cc1cc(O)ccc1N1C(=O)[C@H]2[C@@H]3C[C@@H]([C@@H](Br)[C@@H]3Br)[C@@H]2C1=O. The highest BCUT2D eigenvalue weighted by molar-refractivity contribution is 9.12. The Kier molecular flexibility index (Phi) is 3.21. The van der Waals surface area contributed by atoms with Gasteiger partial charge in [-0.05, 0) is 48.9 Å². The Hall–Kier alpha value is -0.880. The number of aromatic hydroxyl groups is 1. The molecule has 1 saturated heterocycles. The van der Waals surface area contributed by atoms with Crippen LogP contribution < -0.4 is 4.90 Å². The second kappa shape index (κ2) is 4.81. The molecule has 1 aromatic carbocycles. The Labute approximate surface area is 145 Å². The van der Waals surface area contributed by atoms with Crippen LogP contribution >= 0.6 is 31.9 Å². The molecule has 22 heavy (non-hydrogen) atoms. The zero-order valence-corrected chi connectivity index (χ0v) is 15.0. The smallest absolute Gasteiger partial charge is 0.238 e. The number of phenols is 1. The summed E-state index contributed by atoms with van der Waals surface area (Å²) < 4.78 is 0. The summed E-state index contributed by atoms with van der Waals surface area (Å²) in [7, 11) is 0. The molecule has 6 heteroatoms. The van der Waals surface area contributed by atoms with Crippen LogP contribution in [0.2, 0.25) is 0 Å². The van der Waals surface area contributed by atoms with Gasteiger partial charge in [0.25, 0.3) is 0 Å². The van der Waals surface area contributed by atoms with Crippen LogP contribution in [0, 0.1) is 30.6 Å². The minimum Gasteiger partial charge on any atom is -0.508 e. The first-order valence-electron chi connectivity index (χ1n) is 7.37. The lowest BCUT2D eigenvalue weighted by Gasteiger charge is -2.28. The van der Waals surface area contributed by atoms with E-state index in [1.807, 2.05) is 0 Å². The van der Waals surface area contributed by atoms with E-state index in [2.05, 4.69) is 31.9 Å². The van der Waals surface area contributed by atoms with E-state index in [-0.39, 0.29) is 50.9 Å². The van der Waals surface area contributed by atoms with Crippen molar-refractivity contribution in [3.63, 3.8) is 0 Å². The molecule has 2 aliphatic carbocycles. The Balaban J connectivity index is 1.76. The number of carbonyl (C=O) groups is 2. The van der Waals surface area contributed by atoms with Gasteiger partial charge in [-0.1, -0.05) is 31.9 Å². The van der Waals surface area contributed by atoms with E-state index in [0.717, 1.165) is 12.0 Å². The van der Waals surface area contributed by atoms with Crippen molar-refractivity contribution in [2.45, 2.75) is 23.0 Å². The Morgan fingerprint density at radius 1 is 1.09 bits per heavy atom. The number of alkyl halides is 2. The van der Waals surface area contributed by atoms with Gasteiger partial charge in [0.1, 0.15) is 5.75 Å². The maximum atomic E-state index is 12.9. The molecule has 1 aliphatic heterocycles. The summed E-state index contributed by atoms with van der Waals surface area (Å²) in [5.41, 5.74) is 1.33. The van der Waals surface area contributed by atoms with Gasteiger partial charge in [-0.3, -0.25) is 9.59 Å². The normalized spacial score (nSPS) is 39.7. The molecular weight excluding hydrogens is 414 g/mol. The predicted octanol–water partition coefficient (Wildman–Crippen LogP) is 2.98. The van der Waals surface area contributed by atoms with Crippen LogP contribution in [0.3, 0.4) is 0 Å². The van der Waals surface area contributed by atoms with Crippen molar-refractivity contribution >= 4 is 49.4 Å². The number of aryl methyl sites for hydroxylation is 1. The van der Waals surface area contributed by atoms with Gasteiger partial charge in [-0.2, -0.15) is 0 Å². The monoisotopic (exact) mass is 427 g/mol. The summed E-state index contributed by atoms with van der Waals surface area (Å²) >= 11 is 7.37. The third kappa shape index (κ3) is 1.74. The van der Waals surface area contributed by atoms with Crippen LogP contribution in [0.15, 0.2) is 18.2 Å². The average Bonchev–Trinajstić information content (AvgIpc) is 3.06. The molecule has 2 saturated carbocycles. The largest absolute Gasteiger partial charge is 0.508 e. The number of hydrogen-bond acceptors (Lipinski definition) is 3. The zero-order chi connectivity index (χ0) is 15.8. The molecule has 0 radical (unpaired) electrons. The topological polar surface area (TPSA) is 57.6 Å². The maximum Gasteiger partial charge on any atom is 0.238 e. The Morgan fingerprint density at radius 2 is 1.64 bits per heavy atom. The lowest BCUT2D eigenvalue weighted by molar-refractivity contribution is -0.123. The van der Waals surface area contributed by atoms with E-state index in [4.69, 9.17) is 0 Å². The number of rotatable bonds is 1. The van der Waals surface area contributed by atoms with Crippen LogP contribution in [0.4, 0.5) is 5.69 Å². The summed E-state index contributed by atoms with van der Waals surface area (Å²) in [6.45, 7) is 1.80. The molecular formula is C16H15Br2NO3. The predicted molar refractivity (Wildman–Crippen MR) is 89.3 cm³/mol. The van der Waals surface area contributed by atoms with Crippen molar-refractivity contribution in [2.24, 2.45) is 23.7 Å². The third-order valence-electron chi connectivity index (χ3n) is 5.41. The van der Waals surface area contributed by atoms with Crippen LogP contribution in [-0.2, 0) is 9.59 Å². The first kappa shape index (κ1) is 14.7. The van der Waals surface area contributed by atoms with Crippen LogP contribution in [-0.4, -0.2) is 26.6 Å². The van der Waals surface area contributed by atoms with E-state index in [1.54, 1.807) is 19.1 Å². The van der Waals surface area contributed by atoms with Gasteiger partial charge < -0.3 is 5.11 Å². The van der Waals surface area contributed by atoms with Crippen LogP contribution in [0.25, 0.3) is 0 Å². The molecule has 4 nitrogen and oxygen atoms in total. The Bertz CT molecular complexity index is 660. The average molecular weight is 429 g/mol. The molecule has 1 heterocycles. The number of fused-ring (bicyclic) bond motifs is 5. The van der Waals surface area contributed by atoms with Gasteiger partial charge in [0.2, 0.25) is 11.8 Å². The van der Waals surface area contributed by atoms with E-state index >= 15 is 0 Å². The second-order valence-electron chi connectivity index (χ2n) is 6.49. The number of amides is 2. The highest BCUT2D eigenvalue weighted by Gasteiger charge is 2.66. The lowest BCUT2D eigenvalue weighted by atomic mass is 9.81. The summed E-state index contributed by atoms with van der Waals surface area (Å²) in [6, 6.07) is 4.76. The molecule has 2 bridgehead atoms. The Morgan fingerprint density at radius 3 is 2.14 bits per heavy atom. The first-order chi connectivity index (χ1) is 10.4. The number of benzene rings is 1. The number of imide groups is 1. The van der Waals surface area contributed by atoms with Crippen molar-refractivity contribution in [3.05, 3.63) is 23.8 Å². The summed E-state index contributed by atoms with van der Waals surface area (Å²) in [4.78, 5) is 27.6. The molecule has 1 aromatic rings. The van der Waals surface area contributed by atoms with E-state index in [9.17, 15) is 14.7 Å². The number of nitrogens with zero attached hydrogens (tertiary/aromatic N) is 1. The molecule has 0 aromatic heterocycles. The molecule has 0 spiro atoms. The number of hydrogen-bond donors (Lipinski definition) is 1. The fourth-order valence-electron chi connectivity index (χ4n) is 4.48. The van der Waals surface area contributed by atoms with Gasteiger partial charge in [-0.25, -0.2) is 4.90 Å². The molecule has 2 amide bonds. The van der Waals surface area contributed by atoms with Gasteiger partial charge in [0.15, 0.2) is 0 Å². The van der Waals surface area contributed by atoms with Crippen LogP contribution in [0.5, 0.6) is 5.75 Å². The maximum absolute atomic E-state index is 12.9. The van der Waals surface area contributed by atoms with Crippen molar-refractivity contribution in [3.8, 4) is 5.75 Å². The number of halogens is 2. The molecule has 3 fully saturated rings. The molecule has 0 unspecified atom stereocenters. The van der Waals surface area contributed by atoms with Gasteiger partial charge in [0, 0.05) is 9.65 Å². The van der Waals surface area contributed by atoms with Crippen molar-refractivity contribution in [1.29, 1.82) is 0 Å². The van der Waals surface area contributed by atoms with Crippen LogP contribution in [0.1, 0.15) is 12.0 Å². The zero-order valence-electron chi connectivity index (χ0n) is 11.9. The summed E-state index contributed by atoms with van der Waals surface area (Å²) in [5, 5.41) is 9.54. The van der Waals surface area contributed by atoms with Crippen molar-refractivity contribution in [1.82, 2.24) is 0 Å². The standard InChI is InChI=1S/C16H15Br2NO3/c1-6-4-7(20)2-3-10(6)19-15(21)11-8-5-9(12(11)16(19)22)14(18)13(8)17/h2-4,8-9,11-14,20H,5H2,1H3/t8-,9+,11-,12-,13+,14+/m0/s1. The fourth-order valence-corrected chi connectivity index (χ4v) is 6.35. The minimum atomic E-state index is -0.205. The fraction of sp³-hybridized carbons (Fsp3) is 0.500. The molecule has 6 atom stereocenters. The molecule has 4 rings (SSSR count). The quantitative estimate of drug-likeness (QED) is 0.552. The highest BCUT2D eigenvalue weighted by atomic mass is 79.9. The molecule has 3 aliphatic rings. The number of phenolic OH excluding ortho intramolecular Hbond substituents is 1. The highest BCUT2D eigenvalue weighted by Crippen LogP contribution is 2.60. The minimum absolute atomic E-state index is 0.0832. The second-order valence-corrected chi connectivity index (χ2v) is 8.60. The first-order valence-corrected chi connectivity index (χ1v) is 9.20. The number of anilines is 1. The molecule has 116 valence electrons. The number of carbonyl (C=O) groups excluding carboxylic acids is 2. The van der Waals surface area contributed by atoms with Crippen molar-refractivity contribution in [2.75, 3.05) is 4.90 Å². The van der Waals surface area contributed by atoms with Gasteiger partial charge in [-0.15, -0.1) is 0 Å². The lowest BCUT2D eigenvalue weighted by Crippen LogP contribution is -2.37. The summed E-state index contributed by atoms with van der Waals surface area (Å²) in [6.07, 6.45) is 0.932.